The summed E-state index contributed by atoms with van der Waals surface area (Å²) in [6.45, 7) is 5.60. The molecule has 1 amide bonds. The van der Waals surface area contributed by atoms with E-state index in [1.807, 2.05) is 4.90 Å². The summed E-state index contributed by atoms with van der Waals surface area (Å²) in [4.78, 5) is 14.1. The molecule has 1 rings (SSSR count). The fourth-order valence-electron chi connectivity index (χ4n) is 1.75. The molecule has 0 spiro atoms. The smallest absolute Gasteiger partial charge is 0.255 e. The van der Waals surface area contributed by atoms with Crippen molar-refractivity contribution in [2.45, 2.75) is 26.7 Å². The predicted molar refractivity (Wildman–Crippen MR) is 72.3 cm³/mol. The summed E-state index contributed by atoms with van der Waals surface area (Å²) in [5.41, 5.74) is 6.71. The maximum absolute atomic E-state index is 12.3. The van der Waals surface area contributed by atoms with Gasteiger partial charge < -0.3 is 10.6 Å². The maximum atomic E-state index is 12.3. The molecule has 0 aliphatic carbocycles. The Morgan fingerprint density at radius 3 is 2.41 bits per heavy atom. The Bertz CT molecular complexity index is 387. The molecule has 17 heavy (non-hydrogen) atoms. The van der Waals surface area contributed by atoms with Gasteiger partial charge in [-0.2, -0.15) is 0 Å². The Balaban J connectivity index is 2.96. The lowest BCUT2D eigenvalue weighted by Crippen LogP contribution is -2.33. The third kappa shape index (κ3) is 3.37. The molecule has 94 valence electrons. The minimum absolute atomic E-state index is 0.0336. The lowest BCUT2D eigenvalue weighted by molar-refractivity contribution is 0.0756. The van der Waals surface area contributed by atoms with Crippen LogP contribution in [0.5, 0.6) is 0 Å². The Hall–Kier alpha value is -1.22. The molecule has 0 radical (unpaired) electrons. The second kappa shape index (κ2) is 6.50. The second-order valence-corrected chi connectivity index (χ2v) is 4.40. The largest absolute Gasteiger partial charge is 0.397 e. The lowest BCUT2D eigenvalue weighted by Gasteiger charge is -2.22. The van der Waals surface area contributed by atoms with Crippen LogP contribution in [0.25, 0.3) is 0 Å². The highest BCUT2D eigenvalue weighted by molar-refractivity contribution is 6.33. The normalized spacial score (nSPS) is 10.3. The number of anilines is 1. The zero-order valence-corrected chi connectivity index (χ0v) is 11.1. The van der Waals surface area contributed by atoms with Crippen molar-refractivity contribution in [3.8, 4) is 0 Å². The highest BCUT2D eigenvalue weighted by Crippen LogP contribution is 2.23. The summed E-state index contributed by atoms with van der Waals surface area (Å²) in [5, 5.41) is 0.434. The van der Waals surface area contributed by atoms with E-state index >= 15 is 0 Å². The maximum Gasteiger partial charge on any atom is 0.255 e. The molecule has 1 aromatic rings. The lowest BCUT2D eigenvalue weighted by atomic mass is 10.1. The molecule has 0 saturated carbocycles. The highest BCUT2D eigenvalue weighted by Gasteiger charge is 2.17. The molecule has 0 heterocycles. The fraction of sp³-hybridized carbons (Fsp3) is 0.462. The van der Waals surface area contributed by atoms with Crippen LogP contribution in [0.15, 0.2) is 18.2 Å². The first-order chi connectivity index (χ1) is 8.11. The molecule has 0 fully saturated rings. The molecular formula is C13H19ClN2O. The van der Waals surface area contributed by atoms with Gasteiger partial charge in [0.1, 0.15) is 0 Å². The molecule has 1 aromatic carbocycles. The molecule has 0 aromatic heterocycles. The highest BCUT2D eigenvalue weighted by atomic mass is 35.5. The summed E-state index contributed by atoms with van der Waals surface area (Å²) in [6, 6.07) is 5.17. The Kier molecular flexibility index (Phi) is 5.29. The molecular weight excluding hydrogens is 236 g/mol. The van der Waals surface area contributed by atoms with Crippen LogP contribution in [0, 0.1) is 0 Å². The first-order valence-electron chi connectivity index (χ1n) is 5.95. The van der Waals surface area contributed by atoms with Crippen molar-refractivity contribution in [2.24, 2.45) is 0 Å². The minimum Gasteiger partial charge on any atom is -0.397 e. The quantitative estimate of drug-likeness (QED) is 0.821. The molecule has 0 aliphatic heterocycles. The van der Waals surface area contributed by atoms with Crippen molar-refractivity contribution in [3.05, 3.63) is 28.8 Å². The molecule has 3 nitrogen and oxygen atoms in total. The van der Waals surface area contributed by atoms with Gasteiger partial charge in [-0.05, 0) is 25.0 Å². The number of benzene rings is 1. The number of carbonyl (C=O) groups excluding carboxylic acids is 1. The van der Waals surface area contributed by atoms with Crippen LogP contribution in [-0.4, -0.2) is 23.9 Å². The van der Waals surface area contributed by atoms with Crippen LogP contribution in [0.4, 0.5) is 5.69 Å². The number of carbonyl (C=O) groups is 1. The summed E-state index contributed by atoms with van der Waals surface area (Å²) < 4.78 is 0. The molecule has 0 saturated heterocycles. The number of nitrogens with zero attached hydrogens (tertiary/aromatic N) is 1. The first kappa shape index (κ1) is 13.8. The van der Waals surface area contributed by atoms with Crippen LogP contribution in [0.1, 0.15) is 37.0 Å². The average Bonchev–Trinajstić information content (AvgIpc) is 2.31. The number of halogens is 1. The molecule has 0 unspecified atom stereocenters. The van der Waals surface area contributed by atoms with Gasteiger partial charge in [0.25, 0.3) is 5.91 Å². The first-order valence-corrected chi connectivity index (χ1v) is 6.32. The Morgan fingerprint density at radius 2 is 1.88 bits per heavy atom. The second-order valence-electron chi connectivity index (χ2n) is 3.99. The van der Waals surface area contributed by atoms with E-state index in [-0.39, 0.29) is 5.91 Å². The van der Waals surface area contributed by atoms with Crippen LogP contribution in [0.3, 0.4) is 0 Å². The SMILES string of the molecule is CCCN(CCC)C(=O)c1cccc(Cl)c1N. The van der Waals surface area contributed by atoms with E-state index < -0.39 is 0 Å². The minimum atomic E-state index is -0.0336. The molecule has 0 bridgehead atoms. The number of nitrogen functional groups attached to an aromatic ring is 1. The van der Waals surface area contributed by atoms with Gasteiger partial charge in [-0.3, -0.25) is 4.79 Å². The zero-order chi connectivity index (χ0) is 12.8. The van der Waals surface area contributed by atoms with Gasteiger partial charge in [-0.15, -0.1) is 0 Å². The number of amides is 1. The number of rotatable bonds is 5. The third-order valence-electron chi connectivity index (χ3n) is 2.56. The number of hydrogen-bond acceptors (Lipinski definition) is 2. The molecule has 2 N–H and O–H groups in total. The standard InChI is InChI=1S/C13H19ClN2O/c1-3-8-16(9-4-2)13(17)10-6-5-7-11(14)12(10)15/h5-7H,3-4,8-9,15H2,1-2H3. The Morgan fingerprint density at radius 1 is 1.29 bits per heavy atom. The molecule has 0 atom stereocenters. The van der Waals surface area contributed by atoms with Gasteiger partial charge in [0.05, 0.1) is 16.3 Å². The topological polar surface area (TPSA) is 46.3 Å². The van der Waals surface area contributed by atoms with Gasteiger partial charge in [-0.1, -0.05) is 31.5 Å². The van der Waals surface area contributed by atoms with Gasteiger partial charge in [-0.25, -0.2) is 0 Å². The van der Waals surface area contributed by atoms with Crippen LogP contribution < -0.4 is 5.73 Å². The summed E-state index contributed by atoms with van der Waals surface area (Å²) >= 11 is 5.92. The van der Waals surface area contributed by atoms with Gasteiger partial charge in [0, 0.05) is 13.1 Å². The van der Waals surface area contributed by atoms with Crippen LogP contribution in [0.2, 0.25) is 5.02 Å². The van der Waals surface area contributed by atoms with E-state index in [1.165, 1.54) is 0 Å². The van der Waals surface area contributed by atoms with E-state index in [4.69, 9.17) is 17.3 Å². The van der Waals surface area contributed by atoms with E-state index in [2.05, 4.69) is 13.8 Å². The van der Waals surface area contributed by atoms with E-state index in [0.717, 1.165) is 25.9 Å². The van der Waals surface area contributed by atoms with Gasteiger partial charge in [0.2, 0.25) is 0 Å². The van der Waals surface area contributed by atoms with Crippen LogP contribution in [-0.2, 0) is 0 Å². The van der Waals surface area contributed by atoms with Crippen molar-refractivity contribution < 1.29 is 4.79 Å². The average molecular weight is 255 g/mol. The van der Waals surface area contributed by atoms with E-state index in [9.17, 15) is 4.79 Å². The summed E-state index contributed by atoms with van der Waals surface area (Å²) in [7, 11) is 0. The monoisotopic (exact) mass is 254 g/mol. The van der Waals surface area contributed by atoms with E-state index in [1.54, 1.807) is 18.2 Å². The van der Waals surface area contributed by atoms with Crippen molar-refractivity contribution in [1.82, 2.24) is 4.90 Å². The fourth-order valence-corrected chi connectivity index (χ4v) is 1.92. The van der Waals surface area contributed by atoms with Crippen molar-refractivity contribution in [3.63, 3.8) is 0 Å². The third-order valence-corrected chi connectivity index (χ3v) is 2.89. The molecule has 4 heteroatoms. The number of para-hydroxylation sites is 1. The van der Waals surface area contributed by atoms with Crippen LogP contribution >= 0.6 is 11.6 Å². The van der Waals surface area contributed by atoms with Crippen molar-refractivity contribution in [2.75, 3.05) is 18.8 Å². The summed E-state index contributed by atoms with van der Waals surface area (Å²) in [5.74, 6) is -0.0336. The predicted octanol–water partition coefficient (Wildman–Crippen LogP) is 3.18. The Labute approximate surface area is 108 Å². The van der Waals surface area contributed by atoms with Gasteiger partial charge >= 0.3 is 0 Å². The number of hydrogen-bond donors (Lipinski definition) is 1. The molecule has 0 aliphatic rings. The number of nitrogens with two attached hydrogens (primary N) is 1. The van der Waals surface area contributed by atoms with E-state index in [0.29, 0.717) is 16.3 Å². The van der Waals surface area contributed by atoms with Crippen molar-refractivity contribution in [1.29, 1.82) is 0 Å². The van der Waals surface area contributed by atoms with Gasteiger partial charge in [0.15, 0.2) is 0 Å². The van der Waals surface area contributed by atoms with Crippen molar-refractivity contribution >= 4 is 23.2 Å². The zero-order valence-electron chi connectivity index (χ0n) is 10.4. The summed E-state index contributed by atoms with van der Waals surface area (Å²) in [6.07, 6.45) is 1.87.